The molecule has 0 spiro atoms. The Morgan fingerprint density at radius 1 is 1.29 bits per heavy atom. The summed E-state index contributed by atoms with van der Waals surface area (Å²) in [6.45, 7) is 0. The van der Waals surface area contributed by atoms with Crippen LogP contribution in [0.2, 0.25) is 0 Å². The molecule has 0 aliphatic rings. The maximum absolute atomic E-state index is 4.11. The molecule has 0 amide bonds. The van der Waals surface area contributed by atoms with Crippen LogP contribution in [0.25, 0.3) is 0 Å². The number of thiazole rings is 1. The molecule has 1 aromatic carbocycles. The second-order valence-electron chi connectivity index (χ2n) is 3.72. The third-order valence-corrected chi connectivity index (χ3v) is 4.24. The summed E-state index contributed by atoms with van der Waals surface area (Å²) in [5.41, 5.74) is 3.14. The number of hydrogen-bond acceptors (Lipinski definition) is 3. The van der Waals surface area contributed by atoms with Gasteiger partial charge in [-0.1, -0.05) is 31.9 Å². The lowest BCUT2D eigenvalue weighted by Crippen LogP contribution is -2.18. The standard InChI is InChI=1S/C12H12Br2N2S/c1-15-12(5-11-6-16-7-17-11)8-2-9(13)4-10(14)3-8/h2-4,6-7,12,15H,5H2,1H3. The van der Waals surface area contributed by atoms with Crippen LogP contribution in [0.15, 0.2) is 38.9 Å². The molecule has 2 nitrogen and oxygen atoms in total. The van der Waals surface area contributed by atoms with E-state index in [2.05, 4.69) is 54.3 Å². The van der Waals surface area contributed by atoms with Crippen LogP contribution in [0.4, 0.5) is 0 Å². The van der Waals surface area contributed by atoms with E-state index in [-0.39, 0.29) is 0 Å². The molecule has 0 aliphatic heterocycles. The highest BCUT2D eigenvalue weighted by molar-refractivity contribution is 9.11. The van der Waals surface area contributed by atoms with Crippen molar-refractivity contribution >= 4 is 43.2 Å². The zero-order valence-electron chi connectivity index (χ0n) is 9.28. The fraction of sp³-hybridized carbons (Fsp3) is 0.250. The molecule has 0 radical (unpaired) electrons. The normalized spacial score (nSPS) is 12.6. The average molecular weight is 376 g/mol. The minimum absolute atomic E-state index is 0.309. The number of rotatable bonds is 4. The molecule has 0 fully saturated rings. The number of halogens is 2. The molecule has 1 atom stereocenters. The molecule has 0 saturated heterocycles. The first-order valence-electron chi connectivity index (χ1n) is 5.19. The van der Waals surface area contributed by atoms with E-state index in [9.17, 15) is 0 Å². The van der Waals surface area contributed by atoms with Crippen molar-refractivity contribution in [3.8, 4) is 0 Å². The second-order valence-corrected chi connectivity index (χ2v) is 6.52. The quantitative estimate of drug-likeness (QED) is 0.867. The van der Waals surface area contributed by atoms with Crippen molar-refractivity contribution in [1.82, 2.24) is 10.3 Å². The Morgan fingerprint density at radius 3 is 2.53 bits per heavy atom. The van der Waals surface area contributed by atoms with E-state index in [1.165, 1.54) is 10.4 Å². The fourth-order valence-electron chi connectivity index (χ4n) is 1.71. The van der Waals surface area contributed by atoms with Crippen LogP contribution in [-0.4, -0.2) is 12.0 Å². The third kappa shape index (κ3) is 3.61. The molecular weight excluding hydrogens is 364 g/mol. The van der Waals surface area contributed by atoms with E-state index in [4.69, 9.17) is 0 Å². The second kappa shape index (κ2) is 6.09. The van der Waals surface area contributed by atoms with Gasteiger partial charge in [-0.3, -0.25) is 4.98 Å². The Hall–Kier alpha value is -0.230. The van der Waals surface area contributed by atoms with Crippen LogP contribution in [0.3, 0.4) is 0 Å². The van der Waals surface area contributed by atoms with Crippen LogP contribution in [0.5, 0.6) is 0 Å². The number of nitrogens with zero attached hydrogens (tertiary/aromatic N) is 1. The van der Waals surface area contributed by atoms with Crippen molar-refractivity contribution in [2.75, 3.05) is 7.05 Å². The molecule has 1 N–H and O–H groups in total. The summed E-state index contributed by atoms with van der Waals surface area (Å²) in [5, 5.41) is 3.35. The number of likely N-dealkylation sites (N-methyl/N-ethyl adjacent to an activating group) is 1. The van der Waals surface area contributed by atoms with Crippen molar-refractivity contribution in [2.45, 2.75) is 12.5 Å². The zero-order valence-corrected chi connectivity index (χ0v) is 13.3. The van der Waals surface area contributed by atoms with Gasteiger partial charge in [0.2, 0.25) is 0 Å². The number of hydrogen-bond donors (Lipinski definition) is 1. The van der Waals surface area contributed by atoms with Gasteiger partial charge in [0.15, 0.2) is 0 Å². The molecule has 0 saturated carbocycles. The molecule has 0 aliphatic carbocycles. The highest BCUT2D eigenvalue weighted by Crippen LogP contribution is 2.26. The minimum atomic E-state index is 0.309. The van der Waals surface area contributed by atoms with Crippen molar-refractivity contribution in [2.24, 2.45) is 0 Å². The Kier molecular flexibility index (Phi) is 4.73. The molecule has 2 rings (SSSR count). The summed E-state index contributed by atoms with van der Waals surface area (Å²) < 4.78 is 2.18. The molecule has 1 heterocycles. The summed E-state index contributed by atoms with van der Waals surface area (Å²) >= 11 is 8.74. The van der Waals surface area contributed by atoms with E-state index >= 15 is 0 Å². The summed E-state index contributed by atoms with van der Waals surface area (Å²) in [5.74, 6) is 0. The summed E-state index contributed by atoms with van der Waals surface area (Å²) in [6, 6.07) is 6.65. The lowest BCUT2D eigenvalue weighted by atomic mass is 10.0. The smallest absolute Gasteiger partial charge is 0.0794 e. The van der Waals surface area contributed by atoms with Crippen LogP contribution in [-0.2, 0) is 6.42 Å². The van der Waals surface area contributed by atoms with Crippen LogP contribution >= 0.6 is 43.2 Å². The Balaban J connectivity index is 2.22. The zero-order chi connectivity index (χ0) is 12.3. The monoisotopic (exact) mass is 374 g/mol. The maximum atomic E-state index is 4.11. The lowest BCUT2D eigenvalue weighted by Gasteiger charge is -2.16. The molecule has 17 heavy (non-hydrogen) atoms. The van der Waals surface area contributed by atoms with Gasteiger partial charge in [0.05, 0.1) is 5.51 Å². The lowest BCUT2D eigenvalue weighted by molar-refractivity contribution is 0.595. The van der Waals surface area contributed by atoms with Crippen LogP contribution in [0, 0.1) is 0 Å². The van der Waals surface area contributed by atoms with Crippen LogP contribution < -0.4 is 5.32 Å². The first kappa shape index (κ1) is 13.2. The van der Waals surface area contributed by atoms with Gasteiger partial charge in [0, 0.05) is 32.5 Å². The van der Waals surface area contributed by atoms with Gasteiger partial charge in [-0.05, 0) is 30.8 Å². The van der Waals surface area contributed by atoms with Gasteiger partial charge in [0.25, 0.3) is 0 Å². The largest absolute Gasteiger partial charge is 0.313 e. The van der Waals surface area contributed by atoms with Gasteiger partial charge in [-0.15, -0.1) is 11.3 Å². The van der Waals surface area contributed by atoms with Crippen molar-refractivity contribution in [1.29, 1.82) is 0 Å². The van der Waals surface area contributed by atoms with E-state index in [0.29, 0.717) is 6.04 Å². The first-order valence-corrected chi connectivity index (χ1v) is 7.66. The number of aromatic nitrogens is 1. The molecule has 2 aromatic rings. The van der Waals surface area contributed by atoms with E-state index in [1.807, 2.05) is 24.8 Å². The van der Waals surface area contributed by atoms with Crippen LogP contribution in [0.1, 0.15) is 16.5 Å². The fourth-order valence-corrected chi connectivity index (χ4v) is 3.68. The number of benzene rings is 1. The summed E-state index contributed by atoms with van der Waals surface area (Å²) in [6.07, 6.45) is 2.89. The van der Waals surface area contributed by atoms with Gasteiger partial charge >= 0.3 is 0 Å². The molecule has 1 unspecified atom stereocenters. The van der Waals surface area contributed by atoms with Crippen molar-refractivity contribution < 1.29 is 0 Å². The predicted molar refractivity (Wildman–Crippen MR) is 79.5 cm³/mol. The first-order chi connectivity index (χ1) is 8.19. The van der Waals surface area contributed by atoms with Gasteiger partial charge in [0.1, 0.15) is 0 Å². The summed E-state index contributed by atoms with van der Waals surface area (Å²) in [4.78, 5) is 5.40. The van der Waals surface area contributed by atoms with E-state index in [1.54, 1.807) is 11.3 Å². The van der Waals surface area contributed by atoms with E-state index in [0.717, 1.165) is 15.4 Å². The van der Waals surface area contributed by atoms with E-state index < -0.39 is 0 Å². The SMILES string of the molecule is CNC(Cc1cncs1)c1cc(Br)cc(Br)c1. The van der Waals surface area contributed by atoms with Gasteiger partial charge in [-0.25, -0.2) is 0 Å². The molecular formula is C12H12Br2N2S. The average Bonchev–Trinajstić information content (AvgIpc) is 2.77. The minimum Gasteiger partial charge on any atom is -0.313 e. The highest BCUT2D eigenvalue weighted by Gasteiger charge is 2.12. The molecule has 0 bridgehead atoms. The Bertz CT molecular complexity index is 465. The topological polar surface area (TPSA) is 24.9 Å². The highest BCUT2D eigenvalue weighted by atomic mass is 79.9. The maximum Gasteiger partial charge on any atom is 0.0794 e. The third-order valence-electron chi connectivity index (χ3n) is 2.52. The van der Waals surface area contributed by atoms with Crippen molar-refractivity contribution in [3.63, 3.8) is 0 Å². The van der Waals surface area contributed by atoms with Gasteiger partial charge < -0.3 is 5.32 Å². The predicted octanol–water partition coefficient (Wildman–Crippen LogP) is 4.17. The summed E-state index contributed by atoms with van der Waals surface area (Å²) in [7, 11) is 1.99. The molecule has 5 heteroatoms. The number of nitrogens with one attached hydrogen (secondary N) is 1. The molecule has 1 aromatic heterocycles. The van der Waals surface area contributed by atoms with Gasteiger partial charge in [-0.2, -0.15) is 0 Å². The Morgan fingerprint density at radius 2 is 2.00 bits per heavy atom. The molecule has 90 valence electrons. The van der Waals surface area contributed by atoms with Crippen molar-refractivity contribution in [3.05, 3.63) is 49.3 Å². The Labute approximate surface area is 122 Å².